The first-order chi connectivity index (χ1) is 9.49. The SMILES string of the molecule is CC(C)(C)NC(=O)CCNCCCNC(=O)OC(C)(C)C. The zero-order valence-corrected chi connectivity index (χ0v) is 14.3. The van der Waals surface area contributed by atoms with E-state index in [1.807, 2.05) is 41.5 Å². The summed E-state index contributed by atoms with van der Waals surface area (Å²) in [6, 6.07) is 0. The van der Waals surface area contributed by atoms with Gasteiger partial charge in [0.05, 0.1) is 0 Å². The van der Waals surface area contributed by atoms with E-state index in [0.717, 1.165) is 13.0 Å². The lowest BCUT2D eigenvalue weighted by Crippen LogP contribution is -2.41. The summed E-state index contributed by atoms with van der Waals surface area (Å²) in [4.78, 5) is 22.9. The van der Waals surface area contributed by atoms with Gasteiger partial charge in [-0.25, -0.2) is 4.79 Å². The average molecular weight is 301 g/mol. The van der Waals surface area contributed by atoms with E-state index in [1.165, 1.54) is 0 Å². The number of hydrogen-bond donors (Lipinski definition) is 3. The van der Waals surface area contributed by atoms with Crippen LogP contribution >= 0.6 is 0 Å². The van der Waals surface area contributed by atoms with E-state index < -0.39 is 11.7 Å². The van der Waals surface area contributed by atoms with E-state index in [2.05, 4.69) is 16.0 Å². The highest BCUT2D eigenvalue weighted by Gasteiger charge is 2.15. The Hall–Kier alpha value is -1.30. The second-order valence-electron chi connectivity index (χ2n) is 7.08. The van der Waals surface area contributed by atoms with Crippen molar-refractivity contribution in [3.8, 4) is 0 Å². The Kier molecular flexibility index (Phi) is 8.32. The first-order valence-corrected chi connectivity index (χ1v) is 7.48. The van der Waals surface area contributed by atoms with E-state index in [4.69, 9.17) is 4.74 Å². The average Bonchev–Trinajstić information content (AvgIpc) is 2.22. The van der Waals surface area contributed by atoms with Crippen LogP contribution in [0.15, 0.2) is 0 Å². The summed E-state index contributed by atoms with van der Waals surface area (Å²) in [7, 11) is 0. The largest absolute Gasteiger partial charge is 0.444 e. The van der Waals surface area contributed by atoms with E-state index in [1.54, 1.807) is 0 Å². The molecule has 0 aromatic carbocycles. The Morgan fingerprint density at radius 3 is 2.10 bits per heavy atom. The van der Waals surface area contributed by atoms with Crippen molar-refractivity contribution in [2.45, 2.75) is 65.5 Å². The second-order valence-corrected chi connectivity index (χ2v) is 7.08. The minimum atomic E-state index is -0.469. The summed E-state index contributed by atoms with van der Waals surface area (Å²) in [5, 5.41) is 8.77. The number of amides is 2. The van der Waals surface area contributed by atoms with Crippen LogP contribution in [0.2, 0.25) is 0 Å². The highest BCUT2D eigenvalue weighted by atomic mass is 16.6. The van der Waals surface area contributed by atoms with Crippen molar-refractivity contribution in [3.63, 3.8) is 0 Å². The molecule has 0 aromatic rings. The molecule has 0 unspecified atom stereocenters. The molecule has 0 fully saturated rings. The number of ether oxygens (including phenoxy) is 1. The van der Waals surface area contributed by atoms with Crippen molar-refractivity contribution in [2.75, 3.05) is 19.6 Å². The molecule has 0 saturated heterocycles. The van der Waals surface area contributed by atoms with Crippen molar-refractivity contribution < 1.29 is 14.3 Å². The molecule has 0 aliphatic carbocycles. The molecule has 0 spiro atoms. The zero-order valence-electron chi connectivity index (χ0n) is 14.3. The van der Waals surface area contributed by atoms with Gasteiger partial charge in [0.2, 0.25) is 5.91 Å². The quantitative estimate of drug-likeness (QED) is 0.626. The number of carbonyl (C=O) groups excluding carboxylic acids is 2. The molecule has 0 aromatic heterocycles. The van der Waals surface area contributed by atoms with Gasteiger partial charge in [0.1, 0.15) is 5.60 Å². The molecule has 0 atom stereocenters. The van der Waals surface area contributed by atoms with Gasteiger partial charge >= 0.3 is 6.09 Å². The Labute approximate surface area is 128 Å². The molecule has 6 heteroatoms. The van der Waals surface area contributed by atoms with Crippen LogP contribution in [0.1, 0.15) is 54.4 Å². The summed E-state index contributed by atoms with van der Waals surface area (Å²) in [5.74, 6) is 0.0434. The third kappa shape index (κ3) is 14.9. The molecule has 6 nitrogen and oxygen atoms in total. The van der Waals surface area contributed by atoms with E-state index in [0.29, 0.717) is 19.5 Å². The van der Waals surface area contributed by atoms with Crippen molar-refractivity contribution in [1.29, 1.82) is 0 Å². The third-order valence-corrected chi connectivity index (χ3v) is 2.24. The van der Waals surface area contributed by atoms with E-state index >= 15 is 0 Å². The topological polar surface area (TPSA) is 79.5 Å². The second kappa shape index (κ2) is 8.87. The smallest absolute Gasteiger partial charge is 0.407 e. The maximum atomic E-state index is 11.5. The predicted molar refractivity (Wildman–Crippen MR) is 84.2 cm³/mol. The number of rotatable bonds is 7. The molecule has 2 amide bonds. The fourth-order valence-electron chi connectivity index (χ4n) is 1.53. The van der Waals surface area contributed by atoms with Crippen LogP contribution in [0, 0.1) is 0 Å². The van der Waals surface area contributed by atoms with Crippen LogP contribution in [0.25, 0.3) is 0 Å². The lowest BCUT2D eigenvalue weighted by molar-refractivity contribution is -0.122. The third-order valence-electron chi connectivity index (χ3n) is 2.24. The van der Waals surface area contributed by atoms with Crippen molar-refractivity contribution in [2.24, 2.45) is 0 Å². The van der Waals surface area contributed by atoms with Crippen LogP contribution < -0.4 is 16.0 Å². The molecule has 21 heavy (non-hydrogen) atoms. The fraction of sp³-hybridized carbons (Fsp3) is 0.867. The predicted octanol–water partition coefficient (Wildman–Crippen LogP) is 1.80. The van der Waals surface area contributed by atoms with Gasteiger partial charge < -0.3 is 20.7 Å². The Morgan fingerprint density at radius 2 is 1.57 bits per heavy atom. The first-order valence-electron chi connectivity index (χ1n) is 7.48. The lowest BCUT2D eigenvalue weighted by Gasteiger charge is -2.20. The molecular formula is C15H31N3O3. The highest BCUT2D eigenvalue weighted by molar-refractivity contribution is 5.76. The maximum absolute atomic E-state index is 11.5. The molecule has 0 radical (unpaired) electrons. The van der Waals surface area contributed by atoms with Gasteiger partial charge in [-0.3, -0.25) is 4.79 Å². The van der Waals surface area contributed by atoms with Crippen LogP contribution in [0.5, 0.6) is 0 Å². The normalized spacial score (nSPS) is 11.9. The summed E-state index contributed by atoms with van der Waals surface area (Å²) < 4.78 is 5.12. The molecule has 0 rings (SSSR count). The van der Waals surface area contributed by atoms with Gasteiger partial charge in [-0.1, -0.05) is 0 Å². The van der Waals surface area contributed by atoms with Gasteiger partial charge in [0, 0.05) is 25.0 Å². The Morgan fingerprint density at radius 1 is 0.952 bits per heavy atom. The Balaban J connectivity index is 3.49. The number of nitrogens with one attached hydrogen (secondary N) is 3. The summed E-state index contributed by atoms with van der Waals surface area (Å²) in [6.45, 7) is 13.3. The van der Waals surface area contributed by atoms with Gasteiger partial charge in [0.15, 0.2) is 0 Å². The zero-order chi connectivity index (χ0) is 16.5. The highest BCUT2D eigenvalue weighted by Crippen LogP contribution is 2.06. The van der Waals surface area contributed by atoms with E-state index in [-0.39, 0.29) is 11.4 Å². The molecule has 0 bridgehead atoms. The van der Waals surface area contributed by atoms with Crippen molar-refractivity contribution in [3.05, 3.63) is 0 Å². The number of carbonyl (C=O) groups is 2. The van der Waals surface area contributed by atoms with Gasteiger partial charge in [-0.15, -0.1) is 0 Å². The molecular weight excluding hydrogens is 270 g/mol. The van der Waals surface area contributed by atoms with Crippen LogP contribution in [-0.4, -0.2) is 42.8 Å². The van der Waals surface area contributed by atoms with Crippen molar-refractivity contribution >= 4 is 12.0 Å². The summed E-state index contributed by atoms with van der Waals surface area (Å²) in [6.07, 6.45) is 0.851. The van der Waals surface area contributed by atoms with Crippen LogP contribution in [0.3, 0.4) is 0 Å². The monoisotopic (exact) mass is 301 g/mol. The molecule has 3 N–H and O–H groups in total. The molecule has 0 aliphatic rings. The number of hydrogen-bond acceptors (Lipinski definition) is 4. The fourth-order valence-corrected chi connectivity index (χ4v) is 1.53. The molecule has 0 saturated carbocycles. The van der Waals surface area contributed by atoms with Gasteiger partial charge in [-0.2, -0.15) is 0 Å². The molecule has 0 aliphatic heterocycles. The van der Waals surface area contributed by atoms with Gasteiger partial charge in [-0.05, 0) is 54.5 Å². The van der Waals surface area contributed by atoms with Crippen LogP contribution in [0.4, 0.5) is 4.79 Å². The standard InChI is InChI=1S/C15H31N3O3/c1-14(2,3)18-12(19)8-11-16-9-7-10-17-13(20)21-15(4,5)6/h16H,7-11H2,1-6H3,(H,17,20)(H,18,19). The van der Waals surface area contributed by atoms with Crippen LogP contribution in [-0.2, 0) is 9.53 Å². The minimum Gasteiger partial charge on any atom is -0.444 e. The van der Waals surface area contributed by atoms with Crippen molar-refractivity contribution in [1.82, 2.24) is 16.0 Å². The first kappa shape index (κ1) is 19.7. The minimum absolute atomic E-state index is 0.0434. The molecule has 124 valence electrons. The van der Waals surface area contributed by atoms with Gasteiger partial charge in [0.25, 0.3) is 0 Å². The number of alkyl carbamates (subject to hydrolysis) is 1. The lowest BCUT2D eigenvalue weighted by atomic mass is 10.1. The maximum Gasteiger partial charge on any atom is 0.407 e. The summed E-state index contributed by atoms with van der Waals surface area (Å²) >= 11 is 0. The molecule has 0 heterocycles. The van der Waals surface area contributed by atoms with E-state index in [9.17, 15) is 9.59 Å². The Bertz CT molecular complexity index is 298. The summed E-state index contributed by atoms with van der Waals surface area (Å²) in [5.41, 5.74) is -0.656.